The minimum atomic E-state index is -4.41. The average Bonchev–Trinajstić information content (AvgIpc) is 3.04. The minimum Gasteiger partial charge on any atom is -0.744 e. The molecule has 0 aliphatic heterocycles. The summed E-state index contributed by atoms with van der Waals surface area (Å²) in [6.07, 6.45) is 18.4. The first-order valence-electron chi connectivity index (χ1n) is 17.9. The Kier molecular flexibility index (Phi) is 19.4. The van der Waals surface area contributed by atoms with Gasteiger partial charge in [-0.3, -0.25) is 0 Å². The van der Waals surface area contributed by atoms with Crippen LogP contribution >= 0.6 is 0 Å². The maximum Gasteiger partial charge on any atom is 2.00 e. The van der Waals surface area contributed by atoms with E-state index in [1.54, 1.807) is 12.1 Å². The molecule has 9 heteroatoms. The van der Waals surface area contributed by atoms with E-state index in [0.717, 1.165) is 60.1 Å². The van der Waals surface area contributed by atoms with Crippen LogP contribution < -0.4 is 0 Å². The minimum absolute atomic E-state index is 0. The number of aryl methyl sites for hydroxylation is 4. The maximum absolute atomic E-state index is 11.3. The van der Waals surface area contributed by atoms with Gasteiger partial charge in [0.1, 0.15) is 20.2 Å². The van der Waals surface area contributed by atoms with Crippen molar-refractivity contribution in [2.24, 2.45) is 0 Å². The summed E-state index contributed by atoms with van der Waals surface area (Å²) in [5, 5.41) is 3.71. The van der Waals surface area contributed by atoms with Gasteiger partial charge in [-0.1, -0.05) is 115 Å². The molecule has 0 bridgehead atoms. The van der Waals surface area contributed by atoms with E-state index < -0.39 is 20.2 Å². The molecule has 0 radical (unpaired) electrons. The molecule has 0 aliphatic rings. The Bertz CT molecular complexity index is 1700. The zero-order valence-corrected chi connectivity index (χ0v) is 33.9. The first-order valence-corrected chi connectivity index (χ1v) is 20.8. The summed E-state index contributed by atoms with van der Waals surface area (Å²) in [6.45, 7) is 8.78. The van der Waals surface area contributed by atoms with Gasteiger partial charge >= 0.3 is 37.7 Å². The van der Waals surface area contributed by atoms with Crippen LogP contribution in [0.25, 0.3) is 21.5 Å². The summed E-state index contributed by atoms with van der Waals surface area (Å²) >= 11 is 0. The van der Waals surface area contributed by atoms with Crippen molar-refractivity contribution in [3.63, 3.8) is 0 Å². The molecule has 6 nitrogen and oxygen atoms in total. The van der Waals surface area contributed by atoms with Crippen LogP contribution in [0.5, 0.6) is 0 Å². The largest absolute Gasteiger partial charge is 2.00 e. The smallest absolute Gasteiger partial charge is 0.744 e. The van der Waals surface area contributed by atoms with E-state index in [1.807, 2.05) is 0 Å². The van der Waals surface area contributed by atoms with Gasteiger partial charge in [0, 0.05) is 0 Å². The first kappa shape index (κ1) is 43.6. The SMILES string of the molecule is CCCCCc1cc2ccc(S(=O)(=O)[O-])cc2cc1CCCCC.CCCCCc1cc2ccc(S(=O)(=O)[O-])cc2cc1CCCCC.[Ca+2]. The van der Waals surface area contributed by atoms with Gasteiger partial charge in [0.25, 0.3) is 0 Å². The number of unbranched alkanes of at least 4 members (excludes halogenated alkanes) is 8. The number of fused-ring (bicyclic) bond motifs is 2. The van der Waals surface area contributed by atoms with Gasteiger partial charge in [0.15, 0.2) is 0 Å². The third kappa shape index (κ3) is 14.2. The van der Waals surface area contributed by atoms with E-state index in [0.29, 0.717) is 0 Å². The first-order chi connectivity index (χ1) is 22.9. The number of benzene rings is 4. The summed E-state index contributed by atoms with van der Waals surface area (Å²) in [4.78, 5) is -0.290. The van der Waals surface area contributed by atoms with Gasteiger partial charge in [-0.2, -0.15) is 0 Å². The van der Waals surface area contributed by atoms with E-state index in [1.165, 1.54) is 111 Å². The third-order valence-corrected chi connectivity index (χ3v) is 10.7. The topological polar surface area (TPSA) is 114 Å². The standard InChI is InChI=1S/2C20H28O3S.Ca/c2*1-3-5-7-9-16-13-18-11-12-20(24(21,22)23)15-19(18)14-17(16)10-8-6-4-2;/h2*11-15H,3-10H2,1-2H3,(H,21,22,23);/q;;+2/p-2. The van der Waals surface area contributed by atoms with Gasteiger partial charge in [-0.15, -0.1) is 0 Å². The normalized spacial score (nSPS) is 11.7. The van der Waals surface area contributed by atoms with Gasteiger partial charge < -0.3 is 9.11 Å². The molecule has 4 rings (SSSR count). The van der Waals surface area contributed by atoms with Crippen molar-refractivity contribution >= 4 is 79.5 Å². The quantitative estimate of drug-likeness (QED) is 0.0571. The van der Waals surface area contributed by atoms with Crippen LogP contribution in [0.4, 0.5) is 0 Å². The predicted molar refractivity (Wildman–Crippen MR) is 202 cm³/mol. The Hall–Kier alpha value is -1.52. The number of hydrogen-bond donors (Lipinski definition) is 0. The molecule has 0 atom stereocenters. The second-order valence-electron chi connectivity index (χ2n) is 13.0. The van der Waals surface area contributed by atoms with Crippen LogP contribution in [0.3, 0.4) is 0 Å². The molecule has 0 N–H and O–H groups in total. The van der Waals surface area contributed by atoms with Crippen LogP contribution in [-0.4, -0.2) is 63.7 Å². The van der Waals surface area contributed by atoms with Crippen molar-refractivity contribution in [3.8, 4) is 0 Å². The van der Waals surface area contributed by atoms with E-state index in [9.17, 15) is 25.9 Å². The fourth-order valence-corrected chi connectivity index (χ4v) is 7.26. The summed E-state index contributed by atoms with van der Waals surface area (Å²) in [5.74, 6) is 0. The molecule has 0 aliphatic carbocycles. The van der Waals surface area contributed by atoms with Crippen LogP contribution in [0.15, 0.2) is 70.5 Å². The van der Waals surface area contributed by atoms with Gasteiger partial charge in [0.05, 0.1) is 9.79 Å². The molecule has 0 saturated heterocycles. The van der Waals surface area contributed by atoms with Crippen LogP contribution in [0.2, 0.25) is 0 Å². The van der Waals surface area contributed by atoms with Crippen LogP contribution in [0.1, 0.15) is 127 Å². The zero-order chi connectivity index (χ0) is 35.2. The average molecular weight is 735 g/mol. The van der Waals surface area contributed by atoms with E-state index in [-0.39, 0.29) is 47.5 Å². The summed E-state index contributed by atoms with van der Waals surface area (Å²) in [5.41, 5.74) is 5.33. The molecular formula is C40H54CaO6S2. The molecule has 0 heterocycles. The van der Waals surface area contributed by atoms with Gasteiger partial charge in [-0.25, -0.2) is 16.8 Å². The van der Waals surface area contributed by atoms with E-state index in [4.69, 9.17) is 0 Å². The van der Waals surface area contributed by atoms with Crippen molar-refractivity contribution in [2.75, 3.05) is 0 Å². The molecule has 0 unspecified atom stereocenters. The number of hydrogen-bond acceptors (Lipinski definition) is 6. The second-order valence-corrected chi connectivity index (χ2v) is 15.8. The Morgan fingerprint density at radius 1 is 0.408 bits per heavy atom. The fraction of sp³-hybridized carbons (Fsp3) is 0.500. The Labute approximate surface area is 326 Å². The summed E-state index contributed by atoms with van der Waals surface area (Å²) < 4.78 is 67.5. The van der Waals surface area contributed by atoms with Crippen molar-refractivity contribution < 1.29 is 25.9 Å². The molecule has 0 aromatic heterocycles. The van der Waals surface area contributed by atoms with Gasteiger partial charge in [0.2, 0.25) is 0 Å². The third-order valence-electron chi connectivity index (χ3n) is 9.04. The zero-order valence-electron chi connectivity index (χ0n) is 30.1. The van der Waals surface area contributed by atoms with Crippen molar-refractivity contribution in [1.82, 2.24) is 0 Å². The fourth-order valence-electron chi connectivity index (χ4n) is 6.24. The maximum atomic E-state index is 11.3. The second kappa shape index (κ2) is 21.8. The molecule has 0 amide bonds. The molecule has 49 heavy (non-hydrogen) atoms. The van der Waals surface area contributed by atoms with Gasteiger partial charge in [-0.05, 0) is 119 Å². The Balaban J connectivity index is 0.000000333. The molecule has 0 fully saturated rings. The predicted octanol–water partition coefficient (Wildman–Crippen LogP) is 10.0. The van der Waals surface area contributed by atoms with Crippen LogP contribution in [-0.2, 0) is 45.9 Å². The van der Waals surface area contributed by atoms with Crippen molar-refractivity contribution in [2.45, 2.75) is 140 Å². The molecule has 0 saturated carbocycles. The summed E-state index contributed by atoms with van der Waals surface area (Å²) in [7, 11) is -8.81. The molecule has 4 aromatic carbocycles. The summed E-state index contributed by atoms with van der Waals surface area (Å²) in [6, 6.07) is 17.9. The molecular weight excluding hydrogens is 681 g/mol. The van der Waals surface area contributed by atoms with E-state index >= 15 is 0 Å². The molecule has 264 valence electrons. The number of rotatable bonds is 18. The molecule has 4 aromatic rings. The van der Waals surface area contributed by atoms with Crippen molar-refractivity contribution in [3.05, 3.63) is 82.9 Å². The monoisotopic (exact) mass is 734 g/mol. The Morgan fingerprint density at radius 3 is 0.918 bits per heavy atom. The van der Waals surface area contributed by atoms with E-state index in [2.05, 4.69) is 52.0 Å². The Morgan fingerprint density at radius 2 is 0.673 bits per heavy atom. The van der Waals surface area contributed by atoms with Crippen LogP contribution in [0, 0.1) is 0 Å². The van der Waals surface area contributed by atoms with Crippen molar-refractivity contribution in [1.29, 1.82) is 0 Å². The molecule has 0 spiro atoms.